The fraction of sp³-hybridized carbons (Fsp3) is 0.538. The number of rotatable bonds is 3. The Morgan fingerprint density at radius 1 is 1.39 bits per heavy atom. The number of fused-ring (bicyclic) bond motifs is 1. The van der Waals surface area contributed by atoms with Crippen LogP contribution in [0.2, 0.25) is 0 Å². The van der Waals surface area contributed by atoms with Crippen LogP contribution in [0.5, 0.6) is 0 Å². The van der Waals surface area contributed by atoms with E-state index in [0.29, 0.717) is 11.9 Å². The van der Waals surface area contributed by atoms with Gasteiger partial charge in [0.15, 0.2) is 5.65 Å². The van der Waals surface area contributed by atoms with Crippen molar-refractivity contribution in [3.63, 3.8) is 0 Å². The van der Waals surface area contributed by atoms with Crippen molar-refractivity contribution in [2.75, 3.05) is 11.9 Å². The Morgan fingerprint density at radius 2 is 2.33 bits per heavy atom. The van der Waals surface area contributed by atoms with Crippen molar-refractivity contribution >= 4 is 11.6 Å². The number of aromatic nitrogens is 3. The van der Waals surface area contributed by atoms with E-state index in [2.05, 4.69) is 15.4 Å². The fourth-order valence-electron chi connectivity index (χ4n) is 2.59. The maximum Gasteiger partial charge on any atom is 0.243 e. The molecule has 18 heavy (non-hydrogen) atoms. The lowest BCUT2D eigenvalue weighted by Crippen LogP contribution is -2.25. The van der Waals surface area contributed by atoms with Crippen molar-refractivity contribution in [2.24, 2.45) is 5.92 Å². The van der Waals surface area contributed by atoms with Gasteiger partial charge in [0, 0.05) is 12.7 Å². The third kappa shape index (κ3) is 2.46. The lowest BCUT2D eigenvalue weighted by Gasteiger charge is -2.25. The zero-order chi connectivity index (χ0) is 12.4. The molecule has 1 aliphatic carbocycles. The highest BCUT2D eigenvalue weighted by Gasteiger charge is 2.20. The van der Waals surface area contributed by atoms with Crippen molar-refractivity contribution in [1.29, 1.82) is 0 Å². The lowest BCUT2D eigenvalue weighted by atomic mass is 9.87. The van der Waals surface area contributed by atoms with E-state index in [1.54, 1.807) is 4.52 Å². The lowest BCUT2D eigenvalue weighted by molar-refractivity contribution is 0.104. The van der Waals surface area contributed by atoms with E-state index in [0.717, 1.165) is 31.5 Å². The van der Waals surface area contributed by atoms with Crippen molar-refractivity contribution < 1.29 is 5.11 Å². The number of hydrogen-bond acceptors (Lipinski definition) is 4. The number of aliphatic hydroxyl groups excluding tert-OH is 1. The van der Waals surface area contributed by atoms with Gasteiger partial charge in [0.1, 0.15) is 0 Å². The molecule has 2 atom stereocenters. The molecule has 0 saturated heterocycles. The van der Waals surface area contributed by atoms with Crippen LogP contribution in [0.3, 0.4) is 0 Å². The van der Waals surface area contributed by atoms with E-state index in [4.69, 9.17) is 0 Å². The highest BCUT2D eigenvalue weighted by molar-refractivity contribution is 5.42. The number of nitrogens with zero attached hydrogens (tertiary/aromatic N) is 3. The third-order valence-electron chi connectivity index (χ3n) is 3.55. The van der Waals surface area contributed by atoms with Crippen molar-refractivity contribution in [1.82, 2.24) is 14.6 Å². The summed E-state index contributed by atoms with van der Waals surface area (Å²) in [6, 6.07) is 5.82. The quantitative estimate of drug-likeness (QED) is 0.865. The molecule has 5 heteroatoms. The van der Waals surface area contributed by atoms with Gasteiger partial charge in [0.2, 0.25) is 5.95 Å². The maximum absolute atomic E-state index is 9.63. The minimum absolute atomic E-state index is 0.125. The summed E-state index contributed by atoms with van der Waals surface area (Å²) in [6.07, 6.45) is 5.89. The molecule has 1 fully saturated rings. The van der Waals surface area contributed by atoms with Gasteiger partial charge in [-0.25, -0.2) is 4.52 Å². The Hall–Kier alpha value is -1.62. The predicted molar refractivity (Wildman–Crippen MR) is 69.4 cm³/mol. The summed E-state index contributed by atoms with van der Waals surface area (Å²) < 4.78 is 1.76. The fourth-order valence-corrected chi connectivity index (χ4v) is 2.59. The molecule has 0 bridgehead atoms. The van der Waals surface area contributed by atoms with Crippen molar-refractivity contribution in [2.45, 2.75) is 31.8 Å². The minimum Gasteiger partial charge on any atom is -0.393 e. The van der Waals surface area contributed by atoms with Gasteiger partial charge in [-0.2, -0.15) is 4.98 Å². The molecule has 0 amide bonds. The predicted octanol–water partition coefficient (Wildman–Crippen LogP) is 1.69. The molecular weight excluding hydrogens is 228 g/mol. The molecule has 0 spiro atoms. The van der Waals surface area contributed by atoms with Gasteiger partial charge < -0.3 is 10.4 Å². The molecule has 3 rings (SSSR count). The second-order valence-electron chi connectivity index (χ2n) is 5.01. The van der Waals surface area contributed by atoms with E-state index in [9.17, 15) is 5.11 Å². The Morgan fingerprint density at radius 3 is 3.17 bits per heavy atom. The van der Waals surface area contributed by atoms with Gasteiger partial charge in [0.25, 0.3) is 0 Å². The molecule has 2 heterocycles. The van der Waals surface area contributed by atoms with Gasteiger partial charge in [-0.3, -0.25) is 0 Å². The van der Waals surface area contributed by atoms with Crippen LogP contribution in [0.1, 0.15) is 25.7 Å². The first-order valence-corrected chi connectivity index (χ1v) is 6.54. The molecular formula is C13H18N4O. The molecule has 2 unspecified atom stereocenters. The summed E-state index contributed by atoms with van der Waals surface area (Å²) >= 11 is 0. The Bertz CT molecular complexity index is 491. The van der Waals surface area contributed by atoms with Crippen LogP contribution in [0.4, 0.5) is 5.95 Å². The van der Waals surface area contributed by atoms with Crippen LogP contribution >= 0.6 is 0 Å². The van der Waals surface area contributed by atoms with Crippen LogP contribution < -0.4 is 5.32 Å². The second kappa shape index (κ2) is 4.94. The van der Waals surface area contributed by atoms with Crippen LogP contribution in [0.25, 0.3) is 5.65 Å². The van der Waals surface area contributed by atoms with Crippen LogP contribution in [0.15, 0.2) is 24.4 Å². The molecule has 1 aliphatic rings. The summed E-state index contributed by atoms with van der Waals surface area (Å²) in [6.45, 7) is 0.841. The Kier molecular flexibility index (Phi) is 3.15. The summed E-state index contributed by atoms with van der Waals surface area (Å²) in [5.41, 5.74) is 0.851. The highest BCUT2D eigenvalue weighted by Crippen LogP contribution is 2.24. The zero-order valence-corrected chi connectivity index (χ0v) is 10.3. The third-order valence-corrected chi connectivity index (χ3v) is 3.55. The molecule has 2 N–H and O–H groups in total. The zero-order valence-electron chi connectivity index (χ0n) is 10.3. The normalized spacial score (nSPS) is 24.3. The molecule has 2 aromatic heterocycles. The van der Waals surface area contributed by atoms with Gasteiger partial charge in [-0.1, -0.05) is 12.5 Å². The topological polar surface area (TPSA) is 62.5 Å². The molecule has 2 aromatic rings. The van der Waals surface area contributed by atoms with E-state index in [1.807, 2.05) is 24.4 Å². The number of nitrogens with one attached hydrogen (secondary N) is 1. The van der Waals surface area contributed by atoms with Crippen molar-refractivity contribution in [3.8, 4) is 0 Å². The minimum atomic E-state index is -0.125. The van der Waals surface area contributed by atoms with E-state index in [1.165, 1.54) is 6.42 Å². The first kappa shape index (κ1) is 11.5. The van der Waals surface area contributed by atoms with E-state index >= 15 is 0 Å². The molecule has 0 radical (unpaired) electrons. The van der Waals surface area contributed by atoms with Crippen LogP contribution in [-0.4, -0.2) is 32.4 Å². The number of hydrogen-bond donors (Lipinski definition) is 2. The molecule has 96 valence electrons. The van der Waals surface area contributed by atoms with Gasteiger partial charge in [-0.15, -0.1) is 5.10 Å². The van der Waals surface area contributed by atoms with E-state index < -0.39 is 0 Å². The summed E-state index contributed by atoms with van der Waals surface area (Å²) in [7, 11) is 0. The smallest absolute Gasteiger partial charge is 0.243 e. The summed E-state index contributed by atoms with van der Waals surface area (Å²) in [4.78, 5) is 4.39. The number of anilines is 1. The number of aliphatic hydroxyl groups is 1. The summed E-state index contributed by atoms with van der Waals surface area (Å²) in [5, 5.41) is 17.2. The standard InChI is InChI=1S/C13H18N4O/c18-11-5-3-4-10(8-11)9-14-13-15-12-6-1-2-7-17(12)16-13/h1-2,6-7,10-11,18H,3-5,8-9H2,(H,14,16). The Labute approximate surface area is 106 Å². The van der Waals surface area contributed by atoms with Crippen LogP contribution in [0, 0.1) is 5.92 Å². The van der Waals surface area contributed by atoms with Crippen LogP contribution in [-0.2, 0) is 0 Å². The molecule has 0 aliphatic heterocycles. The van der Waals surface area contributed by atoms with Gasteiger partial charge >= 0.3 is 0 Å². The molecule has 0 aromatic carbocycles. The van der Waals surface area contributed by atoms with Gasteiger partial charge in [-0.05, 0) is 37.3 Å². The molecule has 5 nitrogen and oxygen atoms in total. The maximum atomic E-state index is 9.63. The monoisotopic (exact) mass is 246 g/mol. The first-order chi connectivity index (χ1) is 8.81. The van der Waals surface area contributed by atoms with Gasteiger partial charge in [0.05, 0.1) is 6.10 Å². The molecule has 1 saturated carbocycles. The first-order valence-electron chi connectivity index (χ1n) is 6.54. The van der Waals surface area contributed by atoms with E-state index in [-0.39, 0.29) is 6.10 Å². The SMILES string of the molecule is OC1CCCC(CNc2nc3ccccn3n2)C1. The number of pyridine rings is 1. The largest absolute Gasteiger partial charge is 0.393 e. The highest BCUT2D eigenvalue weighted by atomic mass is 16.3. The van der Waals surface area contributed by atoms with Crippen molar-refractivity contribution in [3.05, 3.63) is 24.4 Å². The second-order valence-corrected chi connectivity index (χ2v) is 5.01. The Balaban J connectivity index is 1.62. The summed E-state index contributed by atoms with van der Waals surface area (Å²) in [5.74, 6) is 1.20. The average molecular weight is 246 g/mol. The average Bonchev–Trinajstić information content (AvgIpc) is 2.79.